The molecule has 0 bridgehead atoms. The number of aromatic nitrogens is 4. The molecular formula is C17H22N6S. The van der Waals surface area contributed by atoms with Gasteiger partial charge >= 0.3 is 0 Å². The topological polar surface area (TPSA) is 49.6 Å². The summed E-state index contributed by atoms with van der Waals surface area (Å²) >= 11 is 1.84. The Morgan fingerprint density at radius 3 is 3.00 bits per heavy atom. The first-order chi connectivity index (χ1) is 11.8. The molecule has 0 atom stereocenters. The van der Waals surface area contributed by atoms with Gasteiger partial charge in [-0.1, -0.05) is 13.0 Å². The molecule has 0 radical (unpaired) electrons. The Balaban J connectivity index is 1.54. The van der Waals surface area contributed by atoms with E-state index in [2.05, 4.69) is 55.4 Å². The predicted octanol–water partition coefficient (Wildman–Crippen LogP) is 2.46. The molecule has 1 aliphatic rings. The van der Waals surface area contributed by atoms with Crippen LogP contribution in [0.1, 0.15) is 23.9 Å². The van der Waals surface area contributed by atoms with Crippen LogP contribution in [-0.2, 0) is 13.0 Å². The minimum atomic E-state index is 0.698. The quantitative estimate of drug-likeness (QED) is 0.729. The summed E-state index contributed by atoms with van der Waals surface area (Å²) in [5.74, 6) is 1.82. The summed E-state index contributed by atoms with van der Waals surface area (Å²) in [7, 11) is 0. The van der Waals surface area contributed by atoms with E-state index in [1.54, 1.807) is 6.33 Å². The van der Waals surface area contributed by atoms with E-state index in [1.165, 1.54) is 4.88 Å². The molecule has 4 heterocycles. The van der Waals surface area contributed by atoms with Gasteiger partial charge in [0.25, 0.3) is 5.78 Å². The molecule has 1 fully saturated rings. The smallest absolute Gasteiger partial charge is 0.254 e. The third-order valence-corrected chi connectivity index (χ3v) is 5.38. The number of anilines is 1. The van der Waals surface area contributed by atoms with E-state index in [-0.39, 0.29) is 0 Å². The Kier molecular flexibility index (Phi) is 4.44. The summed E-state index contributed by atoms with van der Waals surface area (Å²) in [5, 5.41) is 6.53. The summed E-state index contributed by atoms with van der Waals surface area (Å²) in [5.41, 5.74) is 1.07. The lowest BCUT2D eigenvalue weighted by atomic mass is 10.3. The van der Waals surface area contributed by atoms with Crippen molar-refractivity contribution in [3.8, 4) is 0 Å². The highest BCUT2D eigenvalue weighted by Crippen LogP contribution is 2.20. The SMILES string of the molecule is CCc1cc(N2CCCN(Cc3cccs3)CC2)n2ncnc2n1. The van der Waals surface area contributed by atoms with E-state index in [0.717, 1.165) is 57.1 Å². The summed E-state index contributed by atoms with van der Waals surface area (Å²) in [4.78, 5) is 15.2. The number of aryl methyl sites for hydroxylation is 1. The van der Waals surface area contributed by atoms with Crippen LogP contribution in [0.2, 0.25) is 0 Å². The minimum absolute atomic E-state index is 0.698. The van der Waals surface area contributed by atoms with Gasteiger partial charge in [-0.2, -0.15) is 14.6 Å². The number of thiophene rings is 1. The normalized spacial score (nSPS) is 16.6. The molecule has 0 amide bonds. The fraction of sp³-hybridized carbons (Fsp3) is 0.471. The zero-order chi connectivity index (χ0) is 16.4. The highest BCUT2D eigenvalue weighted by Gasteiger charge is 2.19. The maximum absolute atomic E-state index is 4.55. The van der Waals surface area contributed by atoms with Crippen molar-refractivity contribution in [2.45, 2.75) is 26.3 Å². The van der Waals surface area contributed by atoms with Gasteiger partial charge in [0.15, 0.2) is 0 Å². The fourth-order valence-corrected chi connectivity index (χ4v) is 3.98. The van der Waals surface area contributed by atoms with Gasteiger partial charge in [0.2, 0.25) is 0 Å². The van der Waals surface area contributed by atoms with E-state index < -0.39 is 0 Å². The van der Waals surface area contributed by atoms with Gasteiger partial charge in [0, 0.05) is 49.4 Å². The zero-order valence-corrected chi connectivity index (χ0v) is 14.7. The van der Waals surface area contributed by atoms with E-state index in [9.17, 15) is 0 Å². The highest BCUT2D eigenvalue weighted by atomic mass is 32.1. The molecule has 3 aromatic rings. The van der Waals surface area contributed by atoms with Crippen molar-refractivity contribution in [1.29, 1.82) is 0 Å². The maximum Gasteiger partial charge on any atom is 0.254 e. The lowest BCUT2D eigenvalue weighted by Gasteiger charge is -2.24. The van der Waals surface area contributed by atoms with Crippen molar-refractivity contribution in [2.75, 3.05) is 31.1 Å². The fourth-order valence-electron chi connectivity index (χ4n) is 3.23. The predicted molar refractivity (Wildman–Crippen MR) is 96.6 cm³/mol. The number of rotatable bonds is 4. The molecule has 3 aromatic heterocycles. The second-order valence-electron chi connectivity index (χ2n) is 6.13. The Morgan fingerprint density at radius 1 is 1.21 bits per heavy atom. The molecular weight excluding hydrogens is 320 g/mol. The van der Waals surface area contributed by atoms with Crippen LogP contribution < -0.4 is 4.90 Å². The van der Waals surface area contributed by atoms with Gasteiger partial charge < -0.3 is 4.90 Å². The average molecular weight is 342 g/mol. The van der Waals surface area contributed by atoms with Crippen LogP contribution >= 0.6 is 11.3 Å². The Morgan fingerprint density at radius 2 is 2.17 bits per heavy atom. The molecule has 6 nitrogen and oxygen atoms in total. The molecule has 0 aromatic carbocycles. The number of hydrogen-bond acceptors (Lipinski definition) is 6. The van der Waals surface area contributed by atoms with Crippen LogP contribution in [0.25, 0.3) is 5.78 Å². The van der Waals surface area contributed by atoms with Crippen LogP contribution in [0.15, 0.2) is 29.9 Å². The lowest BCUT2D eigenvalue weighted by molar-refractivity contribution is 0.288. The number of hydrogen-bond donors (Lipinski definition) is 0. The molecule has 4 rings (SSSR count). The molecule has 24 heavy (non-hydrogen) atoms. The van der Waals surface area contributed by atoms with Crippen LogP contribution in [0.5, 0.6) is 0 Å². The number of fused-ring (bicyclic) bond motifs is 1. The standard InChI is InChI=1S/C17H22N6S/c1-2-14-11-16(23-17(20-14)18-13-19-23)22-7-4-6-21(8-9-22)12-15-5-3-10-24-15/h3,5,10-11,13H,2,4,6-9,12H2,1H3. The lowest BCUT2D eigenvalue weighted by Crippen LogP contribution is -2.31. The third kappa shape index (κ3) is 3.14. The van der Waals surface area contributed by atoms with Gasteiger partial charge in [0.1, 0.15) is 12.1 Å². The average Bonchev–Trinajstić information content (AvgIpc) is 3.22. The summed E-state index contributed by atoms with van der Waals surface area (Å²) in [6, 6.07) is 6.52. The largest absolute Gasteiger partial charge is 0.355 e. The van der Waals surface area contributed by atoms with Gasteiger partial charge in [-0.15, -0.1) is 11.3 Å². The Labute approximate surface area is 145 Å². The van der Waals surface area contributed by atoms with E-state index in [4.69, 9.17) is 0 Å². The molecule has 0 N–H and O–H groups in total. The molecule has 0 saturated carbocycles. The molecule has 126 valence electrons. The van der Waals surface area contributed by atoms with Crippen LogP contribution in [0.3, 0.4) is 0 Å². The molecule has 0 aliphatic carbocycles. The van der Waals surface area contributed by atoms with Crippen LogP contribution in [-0.4, -0.2) is 50.7 Å². The summed E-state index contributed by atoms with van der Waals surface area (Å²) < 4.78 is 1.87. The Bertz CT molecular complexity index is 797. The van der Waals surface area contributed by atoms with Crippen LogP contribution in [0, 0.1) is 0 Å². The van der Waals surface area contributed by atoms with Crippen molar-refractivity contribution in [3.63, 3.8) is 0 Å². The van der Waals surface area contributed by atoms with E-state index in [1.807, 2.05) is 15.9 Å². The highest BCUT2D eigenvalue weighted by molar-refractivity contribution is 7.09. The molecule has 7 heteroatoms. The van der Waals surface area contributed by atoms with Crippen molar-refractivity contribution in [3.05, 3.63) is 40.5 Å². The molecule has 1 saturated heterocycles. The molecule has 1 aliphatic heterocycles. The minimum Gasteiger partial charge on any atom is -0.355 e. The molecule has 0 spiro atoms. The monoisotopic (exact) mass is 342 g/mol. The summed E-state index contributed by atoms with van der Waals surface area (Å²) in [6.07, 6.45) is 3.66. The van der Waals surface area contributed by atoms with Gasteiger partial charge in [0.05, 0.1) is 0 Å². The number of nitrogens with zero attached hydrogens (tertiary/aromatic N) is 6. The van der Waals surface area contributed by atoms with Gasteiger partial charge in [-0.3, -0.25) is 4.90 Å². The second kappa shape index (κ2) is 6.86. The van der Waals surface area contributed by atoms with Crippen molar-refractivity contribution in [2.24, 2.45) is 0 Å². The van der Waals surface area contributed by atoms with Gasteiger partial charge in [-0.25, -0.2) is 4.98 Å². The van der Waals surface area contributed by atoms with Crippen molar-refractivity contribution >= 4 is 22.9 Å². The first-order valence-electron chi connectivity index (χ1n) is 8.53. The molecule has 0 unspecified atom stereocenters. The van der Waals surface area contributed by atoms with Gasteiger partial charge in [-0.05, 0) is 24.3 Å². The Hall–Kier alpha value is -1.99. The zero-order valence-electron chi connectivity index (χ0n) is 13.9. The van der Waals surface area contributed by atoms with E-state index >= 15 is 0 Å². The summed E-state index contributed by atoms with van der Waals surface area (Å²) in [6.45, 7) is 7.44. The first-order valence-corrected chi connectivity index (χ1v) is 9.41. The van der Waals surface area contributed by atoms with Crippen LogP contribution in [0.4, 0.5) is 5.82 Å². The second-order valence-corrected chi connectivity index (χ2v) is 7.16. The third-order valence-electron chi connectivity index (χ3n) is 4.52. The van der Waals surface area contributed by atoms with Crippen molar-refractivity contribution < 1.29 is 0 Å². The van der Waals surface area contributed by atoms with Crippen molar-refractivity contribution in [1.82, 2.24) is 24.5 Å². The first kappa shape index (κ1) is 15.5. The maximum atomic E-state index is 4.55. The van der Waals surface area contributed by atoms with E-state index in [0.29, 0.717) is 5.78 Å².